The molecule has 0 saturated carbocycles. The fourth-order valence-electron chi connectivity index (χ4n) is 3.51. The fraction of sp³-hybridized carbons (Fsp3) is 0.474. The van der Waals surface area contributed by atoms with Gasteiger partial charge in [-0.2, -0.15) is 0 Å². The summed E-state index contributed by atoms with van der Waals surface area (Å²) in [4.78, 5) is 11.4. The maximum Gasteiger partial charge on any atom is 0.226 e. The van der Waals surface area contributed by atoms with Crippen LogP contribution in [0.25, 0.3) is 0 Å². The number of ether oxygens (including phenoxy) is 2. The molecule has 4 N–H and O–H groups in total. The van der Waals surface area contributed by atoms with Crippen molar-refractivity contribution in [2.75, 3.05) is 25.1 Å². The van der Waals surface area contributed by atoms with Crippen LogP contribution in [0, 0.1) is 0 Å². The molecular formula is C19H28N6O2. The van der Waals surface area contributed by atoms with Gasteiger partial charge in [0.15, 0.2) is 0 Å². The highest BCUT2D eigenvalue weighted by Gasteiger charge is 2.32. The zero-order chi connectivity index (χ0) is 19.6. The first-order chi connectivity index (χ1) is 12.9. The van der Waals surface area contributed by atoms with E-state index in [-0.39, 0.29) is 18.2 Å². The second kappa shape index (κ2) is 7.98. The third-order valence-electron chi connectivity index (χ3n) is 5.03. The van der Waals surface area contributed by atoms with E-state index in [4.69, 9.17) is 26.0 Å². The van der Waals surface area contributed by atoms with Gasteiger partial charge in [0.2, 0.25) is 5.95 Å². The summed E-state index contributed by atoms with van der Waals surface area (Å²) in [5, 5.41) is 1.70. The number of anilines is 1. The van der Waals surface area contributed by atoms with Gasteiger partial charge in [0, 0.05) is 18.4 Å². The minimum Gasteiger partial charge on any atom is -0.499 e. The molecule has 0 spiro atoms. The zero-order valence-corrected chi connectivity index (χ0v) is 16.0. The van der Waals surface area contributed by atoms with Crippen molar-refractivity contribution in [1.29, 1.82) is 0 Å². The van der Waals surface area contributed by atoms with Gasteiger partial charge in [-0.1, -0.05) is 13.2 Å². The van der Waals surface area contributed by atoms with E-state index in [1.54, 1.807) is 24.4 Å². The Morgan fingerprint density at radius 2 is 2.15 bits per heavy atom. The van der Waals surface area contributed by atoms with Crippen LogP contribution in [0.1, 0.15) is 31.6 Å². The highest BCUT2D eigenvalue weighted by molar-refractivity contribution is 5.39. The molecule has 8 heteroatoms. The van der Waals surface area contributed by atoms with Gasteiger partial charge in [0.1, 0.15) is 18.0 Å². The molecule has 3 unspecified atom stereocenters. The molecule has 2 aliphatic rings. The minimum absolute atomic E-state index is 0.0233. The molecule has 0 amide bonds. The number of hydrazine groups is 1. The van der Waals surface area contributed by atoms with Crippen molar-refractivity contribution >= 4 is 5.95 Å². The summed E-state index contributed by atoms with van der Waals surface area (Å²) in [6.07, 6.45) is 5.11. The molecule has 1 aromatic heterocycles. The first kappa shape index (κ1) is 19.2. The molecule has 2 saturated heterocycles. The number of allylic oxidation sites excluding steroid dienone is 1. The Labute approximate surface area is 160 Å². The summed E-state index contributed by atoms with van der Waals surface area (Å²) in [7, 11) is 1.61. The van der Waals surface area contributed by atoms with Crippen LogP contribution in [0.3, 0.4) is 0 Å². The van der Waals surface area contributed by atoms with Crippen LogP contribution in [-0.2, 0) is 9.47 Å². The lowest BCUT2D eigenvalue weighted by molar-refractivity contribution is 0.0325. The molecule has 8 nitrogen and oxygen atoms in total. The highest BCUT2D eigenvalue weighted by Crippen LogP contribution is 2.35. The van der Waals surface area contributed by atoms with Crippen LogP contribution < -0.4 is 16.5 Å². The van der Waals surface area contributed by atoms with Crippen molar-refractivity contribution in [3.05, 3.63) is 54.3 Å². The van der Waals surface area contributed by atoms with Gasteiger partial charge in [-0.3, -0.25) is 0 Å². The third-order valence-corrected chi connectivity index (χ3v) is 5.03. The van der Waals surface area contributed by atoms with Gasteiger partial charge in [0.05, 0.1) is 31.1 Å². The van der Waals surface area contributed by atoms with Crippen LogP contribution in [0.2, 0.25) is 0 Å². The second-order valence-corrected chi connectivity index (χ2v) is 6.85. The smallest absolute Gasteiger partial charge is 0.226 e. The number of hydrogen-bond acceptors (Lipinski definition) is 8. The minimum atomic E-state index is -0.0942. The van der Waals surface area contributed by atoms with Crippen molar-refractivity contribution < 1.29 is 9.47 Å². The van der Waals surface area contributed by atoms with E-state index < -0.39 is 0 Å². The first-order valence-corrected chi connectivity index (χ1v) is 9.06. The van der Waals surface area contributed by atoms with Gasteiger partial charge in [0.25, 0.3) is 0 Å². The van der Waals surface area contributed by atoms with Crippen molar-refractivity contribution in [2.24, 2.45) is 11.6 Å². The molecule has 0 bridgehead atoms. The Balaban J connectivity index is 1.79. The monoisotopic (exact) mass is 372 g/mol. The van der Waals surface area contributed by atoms with Gasteiger partial charge in [-0.05, 0) is 31.9 Å². The summed E-state index contributed by atoms with van der Waals surface area (Å²) in [5.41, 5.74) is 7.97. The van der Waals surface area contributed by atoms with Gasteiger partial charge >= 0.3 is 0 Å². The Hall–Kier alpha value is -2.58. The quantitative estimate of drug-likeness (QED) is 0.593. The number of nitrogens with zero attached hydrogens (tertiary/aromatic N) is 4. The zero-order valence-electron chi connectivity index (χ0n) is 16.0. The summed E-state index contributed by atoms with van der Waals surface area (Å²) < 4.78 is 11.3. The van der Waals surface area contributed by atoms with Gasteiger partial charge in [-0.15, -0.1) is 0 Å². The fourth-order valence-corrected chi connectivity index (χ4v) is 3.51. The molecule has 2 fully saturated rings. The van der Waals surface area contributed by atoms with Crippen molar-refractivity contribution in [3.63, 3.8) is 0 Å². The summed E-state index contributed by atoms with van der Waals surface area (Å²) >= 11 is 0. The Morgan fingerprint density at radius 3 is 2.85 bits per heavy atom. The number of rotatable bonds is 5. The number of piperazine rings is 1. The number of methoxy groups -OCH3 is 1. The largest absolute Gasteiger partial charge is 0.499 e. The molecule has 0 aliphatic carbocycles. The standard InChI is InChI=1S/C19H28N6O2/c1-12(20)11-16-13(2)24(9-10-25(16)21)19-22-8-7-15(23-19)18-6-5-17(27-18)14(3)26-4/h7-8,11,13,17-18H,1,3,5-6,9-10,20-21H2,2,4H3/b16-11-. The van der Waals surface area contributed by atoms with E-state index in [2.05, 4.69) is 30.0 Å². The Bertz CT molecular complexity index is 749. The number of nitrogens with two attached hydrogens (primary N) is 2. The molecule has 1 aromatic rings. The average molecular weight is 372 g/mol. The number of aromatic nitrogens is 2. The van der Waals surface area contributed by atoms with Crippen LogP contribution in [0.15, 0.2) is 48.7 Å². The van der Waals surface area contributed by atoms with Crippen molar-refractivity contribution in [1.82, 2.24) is 15.0 Å². The molecule has 27 heavy (non-hydrogen) atoms. The SMILES string of the molecule is C=C(N)/C=C1/C(C)N(c2nccc(C3CCC(C(=C)OC)O3)n2)CCN1N. The molecule has 2 aliphatic heterocycles. The number of hydrogen-bond donors (Lipinski definition) is 2. The Morgan fingerprint density at radius 1 is 1.37 bits per heavy atom. The second-order valence-electron chi connectivity index (χ2n) is 6.85. The average Bonchev–Trinajstić information content (AvgIpc) is 3.14. The first-order valence-electron chi connectivity index (χ1n) is 9.06. The van der Waals surface area contributed by atoms with Gasteiger partial charge < -0.3 is 25.1 Å². The topological polar surface area (TPSA) is 103 Å². The lowest BCUT2D eigenvalue weighted by Crippen LogP contribution is -2.53. The van der Waals surface area contributed by atoms with Crippen molar-refractivity contribution in [3.8, 4) is 0 Å². The summed E-state index contributed by atoms with van der Waals surface area (Å²) in [6, 6.07) is 1.87. The van der Waals surface area contributed by atoms with E-state index in [1.165, 1.54) is 0 Å². The lowest BCUT2D eigenvalue weighted by atomic mass is 10.1. The maximum atomic E-state index is 6.11. The summed E-state index contributed by atoms with van der Waals surface area (Å²) in [6.45, 7) is 11.0. The normalized spacial score (nSPS) is 27.1. The molecule has 3 atom stereocenters. The Kier molecular flexibility index (Phi) is 5.67. The van der Waals surface area contributed by atoms with E-state index >= 15 is 0 Å². The van der Waals surface area contributed by atoms with E-state index in [9.17, 15) is 0 Å². The van der Waals surface area contributed by atoms with E-state index in [0.717, 1.165) is 24.2 Å². The predicted octanol–water partition coefficient (Wildman–Crippen LogP) is 1.60. The maximum absolute atomic E-state index is 6.11. The molecule has 3 rings (SSSR count). The van der Waals surface area contributed by atoms with Gasteiger partial charge in [-0.25, -0.2) is 15.8 Å². The third kappa shape index (κ3) is 4.06. The predicted molar refractivity (Wildman–Crippen MR) is 104 cm³/mol. The molecule has 0 radical (unpaired) electrons. The highest BCUT2D eigenvalue weighted by atomic mass is 16.5. The molecule has 0 aromatic carbocycles. The van der Waals surface area contributed by atoms with Crippen LogP contribution in [0.4, 0.5) is 5.95 Å². The van der Waals surface area contributed by atoms with Crippen LogP contribution in [-0.4, -0.2) is 47.3 Å². The molecule has 146 valence electrons. The molecule has 3 heterocycles. The van der Waals surface area contributed by atoms with E-state index in [0.29, 0.717) is 30.5 Å². The lowest BCUT2D eigenvalue weighted by Gasteiger charge is -2.41. The summed E-state index contributed by atoms with van der Waals surface area (Å²) in [5.74, 6) is 7.41. The molecular weight excluding hydrogens is 344 g/mol. The van der Waals surface area contributed by atoms with Crippen molar-refractivity contribution in [2.45, 2.75) is 38.0 Å². The van der Waals surface area contributed by atoms with Crippen LogP contribution in [0.5, 0.6) is 0 Å². The van der Waals surface area contributed by atoms with Crippen LogP contribution >= 0.6 is 0 Å². The van der Waals surface area contributed by atoms with E-state index in [1.807, 2.05) is 6.07 Å².